The van der Waals surface area contributed by atoms with Crippen molar-refractivity contribution < 1.29 is 19.0 Å². The van der Waals surface area contributed by atoms with E-state index in [9.17, 15) is 9.50 Å². The van der Waals surface area contributed by atoms with Crippen LogP contribution in [-0.4, -0.2) is 32.3 Å². The number of rotatable bonds is 6. The average molecular weight is 361 g/mol. The van der Waals surface area contributed by atoms with Gasteiger partial charge in [0.1, 0.15) is 5.82 Å². The van der Waals surface area contributed by atoms with Gasteiger partial charge in [-0.2, -0.15) is 0 Å². The van der Waals surface area contributed by atoms with Crippen LogP contribution in [0.3, 0.4) is 0 Å². The predicted octanol–water partition coefficient (Wildman–Crippen LogP) is 2.72. The first-order valence-electron chi connectivity index (χ1n) is 8.12. The van der Waals surface area contributed by atoms with Crippen molar-refractivity contribution in [3.05, 3.63) is 52.8 Å². The Bertz CT molecular complexity index is 769. The molecule has 0 amide bonds. The number of aromatic hydroxyl groups is 1. The lowest BCUT2D eigenvalue weighted by Gasteiger charge is -2.14. The Labute approximate surface area is 152 Å². The largest absolute Gasteiger partial charge is 0.502 e. The van der Waals surface area contributed by atoms with Crippen molar-refractivity contribution in [1.29, 1.82) is 0 Å². The number of aliphatic imine (C=N–C) groups is 1. The van der Waals surface area contributed by atoms with Crippen LogP contribution in [-0.2, 0) is 13.1 Å². The number of hydrogen-bond donors (Lipinski definition) is 3. The van der Waals surface area contributed by atoms with E-state index in [2.05, 4.69) is 15.6 Å². The number of phenolic OH excluding ortho intramolecular Hbond substituents is 1. The Kier molecular flexibility index (Phi) is 6.66. The molecule has 3 N–H and O–H groups in total. The Morgan fingerprint density at radius 1 is 1.04 bits per heavy atom. The van der Waals surface area contributed by atoms with E-state index in [-0.39, 0.29) is 11.6 Å². The van der Waals surface area contributed by atoms with Crippen molar-refractivity contribution in [2.75, 3.05) is 21.3 Å². The van der Waals surface area contributed by atoms with E-state index >= 15 is 0 Å². The molecule has 6 nitrogen and oxygen atoms in total. The molecule has 0 unspecified atom stereocenters. The molecule has 0 saturated heterocycles. The zero-order valence-corrected chi connectivity index (χ0v) is 15.4. The van der Waals surface area contributed by atoms with Crippen LogP contribution < -0.4 is 20.1 Å². The fourth-order valence-electron chi connectivity index (χ4n) is 2.39. The third-order valence-electron chi connectivity index (χ3n) is 3.92. The molecule has 0 aliphatic heterocycles. The molecule has 0 atom stereocenters. The molecule has 0 spiro atoms. The van der Waals surface area contributed by atoms with Crippen molar-refractivity contribution in [3.63, 3.8) is 0 Å². The van der Waals surface area contributed by atoms with Crippen LogP contribution in [0.25, 0.3) is 0 Å². The van der Waals surface area contributed by atoms with Crippen molar-refractivity contribution in [3.8, 4) is 17.2 Å². The van der Waals surface area contributed by atoms with Gasteiger partial charge >= 0.3 is 0 Å². The summed E-state index contributed by atoms with van der Waals surface area (Å²) < 4.78 is 23.9. The number of halogens is 1. The van der Waals surface area contributed by atoms with Crippen molar-refractivity contribution in [1.82, 2.24) is 10.6 Å². The second-order valence-corrected chi connectivity index (χ2v) is 5.71. The van der Waals surface area contributed by atoms with Crippen molar-refractivity contribution >= 4 is 5.96 Å². The molecule has 140 valence electrons. The molecule has 2 rings (SSSR count). The fraction of sp³-hybridized carbons (Fsp3) is 0.316. The Morgan fingerprint density at radius 3 is 2.12 bits per heavy atom. The van der Waals surface area contributed by atoms with Crippen LogP contribution in [0.5, 0.6) is 17.2 Å². The Morgan fingerprint density at radius 2 is 1.62 bits per heavy atom. The summed E-state index contributed by atoms with van der Waals surface area (Å²) in [4.78, 5) is 4.15. The molecule has 0 heterocycles. The maximum absolute atomic E-state index is 13.6. The number of hydrogen-bond acceptors (Lipinski definition) is 4. The molecule has 0 radical (unpaired) electrons. The van der Waals surface area contributed by atoms with Crippen LogP contribution in [0.1, 0.15) is 16.7 Å². The minimum absolute atomic E-state index is 0.0392. The minimum Gasteiger partial charge on any atom is -0.502 e. The van der Waals surface area contributed by atoms with E-state index in [1.54, 1.807) is 32.2 Å². The summed E-state index contributed by atoms with van der Waals surface area (Å²) in [5.74, 6) is 0.966. The van der Waals surface area contributed by atoms with E-state index in [1.807, 2.05) is 6.07 Å². The van der Waals surface area contributed by atoms with Gasteiger partial charge in [0, 0.05) is 20.1 Å². The second kappa shape index (κ2) is 8.94. The van der Waals surface area contributed by atoms with E-state index in [0.717, 1.165) is 11.1 Å². The molecule has 0 aliphatic carbocycles. The zero-order chi connectivity index (χ0) is 19.1. The molecule has 0 aromatic heterocycles. The number of phenols is 1. The Hall–Kier alpha value is -2.96. The highest BCUT2D eigenvalue weighted by Crippen LogP contribution is 2.36. The lowest BCUT2D eigenvalue weighted by atomic mass is 10.1. The maximum Gasteiger partial charge on any atom is 0.200 e. The first-order chi connectivity index (χ1) is 12.5. The van der Waals surface area contributed by atoms with Gasteiger partial charge in [-0.3, -0.25) is 4.99 Å². The highest BCUT2D eigenvalue weighted by Gasteiger charge is 2.11. The van der Waals surface area contributed by atoms with Gasteiger partial charge in [0.05, 0.1) is 14.2 Å². The van der Waals surface area contributed by atoms with E-state index in [4.69, 9.17) is 9.47 Å². The maximum atomic E-state index is 13.6. The first kappa shape index (κ1) is 19.4. The highest BCUT2D eigenvalue weighted by molar-refractivity contribution is 5.79. The summed E-state index contributed by atoms with van der Waals surface area (Å²) in [5, 5.41) is 16.2. The van der Waals surface area contributed by atoms with Crippen molar-refractivity contribution in [2.45, 2.75) is 20.0 Å². The molecule has 0 saturated carbocycles. The average Bonchev–Trinajstić information content (AvgIpc) is 2.65. The van der Waals surface area contributed by atoms with Crippen LogP contribution in [0.4, 0.5) is 4.39 Å². The van der Waals surface area contributed by atoms with Gasteiger partial charge in [0.15, 0.2) is 17.5 Å². The topological polar surface area (TPSA) is 75.1 Å². The number of guanidine groups is 1. The fourth-order valence-corrected chi connectivity index (χ4v) is 2.39. The number of nitrogens with zero attached hydrogens (tertiary/aromatic N) is 1. The molecular weight excluding hydrogens is 337 g/mol. The minimum atomic E-state index is -0.226. The van der Waals surface area contributed by atoms with Crippen LogP contribution in [0.2, 0.25) is 0 Å². The third kappa shape index (κ3) is 4.78. The standard InChI is InChI=1S/C19H24FN3O3/c1-12-5-6-13(7-15(12)20)10-22-19(21-2)23-11-14-8-16(25-3)18(24)17(9-14)26-4/h5-9,24H,10-11H2,1-4H3,(H2,21,22,23). The number of ether oxygens (including phenoxy) is 2. The molecule has 0 fully saturated rings. The van der Waals surface area contributed by atoms with Gasteiger partial charge in [-0.15, -0.1) is 0 Å². The van der Waals surface area contributed by atoms with E-state index in [1.165, 1.54) is 20.3 Å². The molecule has 0 aliphatic rings. The zero-order valence-electron chi connectivity index (χ0n) is 15.4. The van der Waals surface area contributed by atoms with Gasteiger partial charge < -0.3 is 25.2 Å². The third-order valence-corrected chi connectivity index (χ3v) is 3.92. The monoisotopic (exact) mass is 361 g/mol. The number of methoxy groups -OCH3 is 2. The predicted molar refractivity (Wildman–Crippen MR) is 99.4 cm³/mol. The second-order valence-electron chi connectivity index (χ2n) is 5.71. The SMILES string of the molecule is CN=C(NCc1ccc(C)c(F)c1)NCc1cc(OC)c(O)c(OC)c1. The van der Waals surface area contributed by atoms with Gasteiger partial charge in [-0.25, -0.2) is 4.39 Å². The molecule has 2 aromatic carbocycles. The summed E-state index contributed by atoms with van der Waals surface area (Å²) >= 11 is 0. The number of aryl methyl sites for hydroxylation is 1. The quantitative estimate of drug-likeness (QED) is 0.545. The highest BCUT2D eigenvalue weighted by atomic mass is 19.1. The lowest BCUT2D eigenvalue weighted by Crippen LogP contribution is -2.36. The van der Waals surface area contributed by atoms with Gasteiger partial charge in [0.2, 0.25) is 5.75 Å². The number of benzene rings is 2. The van der Waals surface area contributed by atoms with Crippen LogP contribution >= 0.6 is 0 Å². The molecular formula is C19H24FN3O3. The molecule has 26 heavy (non-hydrogen) atoms. The van der Waals surface area contributed by atoms with Crippen molar-refractivity contribution in [2.24, 2.45) is 4.99 Å². The van der Waals surface area contributed by atoms with Gasteiger partial charge in [-0.05, 0) is 41.8 Å². The lowest BCUT2D eigenvalue weighted by molar-refractivity contribution is 0.339. The van der Waals surface area contributed by atoms with Crippen LogP contribution in [0.15, 0.2) is 35.3 Å². The summed E-state index contributed by atoms with van der Waals surface area (Å²) in [6, 6.07) is 8.55. The van der Waals surface area contributed by atoms with Gasteiger partial charge in [0.25, 0.3) is 0 Å². The normalized spacial score (nSPS) is 11.2. The summed E-state index contributed by atoms with van der Waals surface area (Å²) in [6.07, 6.45) is 0. The van der Waals surface area contributed by atoms with Gasteiger partial charge in [-0.1, -0.05) is 12.1 Å². The van der Waals surface area contributed by atoms with Crippen LogP contribution in [0, 0.1) is 12.7 Å². The smallest absolute Gasteiger partial charge is 0.200 e. The summed E-state index contributed by atoms with van der Waals surface area (Å²) in [5.41, 5.74) is 2.29. The first-order valence-corrected chi connectivity index (χ1v) is 8.12. The molecule has 7 heteroatoms. The number of nitrogens with one attached hydrogen (secondary N) is 2. The van der Waals surface area contributed by atoms with E-state index in [0.29, 0.717) is 36.1 Å². The Balaban J connectivity index is 1.99. The summed E-state index contributed by atoms with van der Waals surface area (Å²) in [7, 11) is 4.61. The summed E-state index contributed by atoms with van der Waals surface area (Å²) in [6.45, 7) is 2.61. The van der Waals surface area contributed by atoms with E-state index < -0.39 is 0 Å². The molecule has 2 aromatic rings. The molecule has 0 bridgehead atoms.